The molecule has 2 atom stereocenters. The van der Waals surface area contributed by atoms with Crippen molar-refractivity contribution in [1.82, 2.24) is 4.90 Å². The van der Waals surface area contributed by atoms with Crippen LogP contribution in [-0.2, 0) is 6.54 Å². The van der Waals surface area contributed by atoms with Crippen LogP contribution in [0.2, 0.25) is 0 Å². The number of likely N-dealkylation sites (tertiary alicyclic amines) is 1. The molecule has 0 saturated carbocycles. The van der Waals surface area contributed by atoms with Crippen LogP contribution in [-0.4, -0.2) is 28.7 Å². The predicted octanol–water partition coefficient (Wildman–Crippen LogP) is 2.41. The highest BCUT2D eigenvalue weighted by atomic mass is 16.3. The smallest absolute Gasteiger partial charge is 0.117 e. The molecule has 0 aliphatic carbocycles. The standard InChI is InChI=1S/C13H21NO2/c1-2-13(15)12-7-3-4-8-14(12)10-11-6-5-9-16-11/h5-6,9,12-13,15H,2-4,7-8,10H2,1H3. The van der Waals surface area contributed by atoms with Crippen LogP contribution in [0.3, 0.4) is 0 Å². The third-order valence-electron chi connectivity index (χ3n) is 3.47. The molecule has 1 aromatic rings. The van der Waals surface area contributed by atoms with Crippen molar-refractivity contribution in [3.63, 3.8) is 0 Å². The molecule has 0 spiro atoms. The van der Waals surface area contributed by atoms with E-state index < -0.39 is 0 Å². The molecule has 1 aliphatic rings. The van der Waals surface area contributed by atoms with Gasteiger partial charge in [-0.1, -0.05) is 13.3 Å². The number of piperidine rings is 1. The Labute approximate surface area is 97.1 Å². The van der Waals surface area contributed by atoms with Gasteiger partial charge < -0.3 is 9.52 Å². The molecule has 0 aromatic carbocycles. The van der Waals surface area contributed by atoms with E-state index in [1.165, 1.54) is 12.8 Å². The molecule has 2 heterocycles. The van der Waals surface area contributed by atoms with Crippen LogP contribution in [0, 0.1) is 0 Å². The van der Waals surface area contributed by atoms with Crippen molar-refractivity contribution in [1.29, 1.82) is 0 Å². The molecule has 0 amide bonds. The fourth-order valence-corrected chi connectivity index (χ4v) is 2.52. The normalized spacial score (nSPS) is 24.5. The van der Waals surface area contributed by atoms with E-state index in [9.17, 15) is 5.11 Å². The van der Waals surface area contributed by atoms with Gasteiger partial charge in [0.25, 0.3) is 0 Å². The molecule has 1 aromatic heterocycles. The van der Waals surface area contributed by atoms with Gasteiger partial charge >= 0.3 is 0 Å². The molecule has 0 radical (unpaired) electrons. The zero-order valence-corrected chi connectivity index (χ0v) is 9.93. The summed E-state index contributed by atoms with van der Waals surface area (Å²) in [7, 11) is 0. The van der Waals surface area contributed by atoms with Crippen molar-refractivity contribution in [2.45, 2.75) is 51.3 Å². The average molecular weight is 223 g/mol. The van der Waals surface area contributed by atoms with Crippen LogP contribution in [0.5, 0.6) is 0 Å². The lowest BCUT2D eigenvalue weighted by molar-refractivity contribution is 0.0163. The van der Waals surface area contributed by atoms with E-state index in [-0.39, 0.29) is 6.10 Å². The van der Waals surface area contributed by atoms with Crippen LogP contribution in [0.15, 0.2) is 22.8 Å². The van der Waals surface area contributed by atoms with E-state index in [2.05, 4.69) is 4.90 Å². The second kappa shape index (κ2) is 5.51. The lowest BCUT2D eigenvalue weighted by Gasteiger charge is -2.37. The Hall–Kier alpha value is -0.800. The summed E-state index contributed by atoms with van der Waals surface area (Å²) in [5, 5.41) is 10.0. The summed E-state index contributed by atoms with van der Waals surface area (Å²) in [6, 6.07) is 4.23. The SMILES string of the molecule is CCC(O)C1CCCCN1Cc1ccco1. The first kappa shape index (κ1) is 11.7. The molecule has 90 valence electrons. The summed E-state index contributed by atoms with van der Waals surface area (Å²) < 4.78 is 5.37. The first-order valence-corrected chi connectivity index (χ1v) is 6.25. The van der Waals surface area contributed by atoms with Gasteiger partial charge in [-0.25, -0.2) is 0 Å². The number of nitrogens with zero attached hydrogens (tertiary/aromatic N) is 1. The minimum atomic E-state index is -0.199. The summed E-state index contributed by atoms with van der Waals surface area (Å²) in [5.74, 6) is 0.996. The molecule has 2 unspecified atom stereocenters. The maximum absolute atomic E-state index is 10.0. The first-order valence-electron chi connectivity index (χ1n) is 6.25. The maximum atomic E-state index is 10.0. The Kier molecular flexibility index (Phi) is 4.02. The lowest BCUT2D eigenvalue weighted by atomic mass is 9.96. The van der Waals surface area contributed by atoms with Gasteiger partial charge in [-0.2, -0.15) is 0 Å². The van der Waals surface area contributed by atoms with E-state index in [0.29, 0.717) is 6.04 Å². The van der Waals surface area contributed by atoms with Crippen molar-refractivity contribution in [3.05, 3.63) is 24.2 Å². The predicted molar refractivity (Wildman–Crippen MR) is 63.1 cm³/mol. The molecule has 3 nitrogen and oxygen atoms in total. The van der Waals surface area contributed by atoms with Crippen molar-refractivity contribution >= 4 is 0 Å². The summed E-state index contributed by atoms with van der Waals surface area (Å²) >= 11 is 0. The number of aliphatic hydroxyl groups is 1. The third kappa shape index (κ3) is 2.66. The number of furan rings is 1. The largest absolute Gasteiger partial charge is 0.468 e. The average Bonchev–Trinajstić information content (AvgIpc) is 2.82. The molecule has 0 bridgehead atoms. The number of rotatable bonds is 4. The van der Waals surface area contributed by atoms with Gasteiger partial charge in [-0.05, 0) is 37.9 Å². The maximum Gasteiger partial charge on any atom is 0.117 e. The summed E-state index contributed by atoms with van der Waals surface area (Å²) in [4.78, 5) is 2.36. The van der Waals surface area contributed by atoms with Crippen LogP contribution in [0.4, 0.5) is 0 Å². The molecule has 2 rings (SSSR count). The Bertz CT molecular complexity index is 297. The van der Waals surface area contributed by atoms with E-state index in [0.717, 1.165) is 31.7 Å². The Morgan fingerprint density at radius 2 is 2.44 bits per heavy atom. The quantitative estimate of drug-likeness (QED) is 0.851. The second-order valence-corrected chi connectivity index (χ2v) is 4.59. The van der Waals surface area contributed by atoms with Crippen LogP contribution in [0.1, 0.15) is 38.4 Å². The van der Waals surface area contributed by atoms with Crippen LogP contribution >= 0.6 is 0 Å². The Morgan fingerprint density at radius 1 is 1.56 bits per heavy atom. The van der Waals surface area contributed by atoms with Crippen molar-refractivity contribution in [3.8, 4) is 0 Å². The minimum Gasteiger partial charge on any atom is -0.468 e. The fraction of sp³-hybridized carbons (Fsp3) is 0.692. The third-order valence-corrected chi connectivity index (χ3v) is 3.47. The Morgan fingerprint density at radius 3 is 3.12 bits per heavy atom. The first-order chi connectivity index (χ1) is 7.81. The minimum absolute atomic E-state index is 0.199. The lowest BCUT2D eigenvalue weighted by Crippen LogP contribution is -2.45. The van der Waals surface area contributed by atoms with E-state index in [4.69, 9.17) is 4.42 Å². The van der Waals surface area contributed by atoms with Crippen LogP contribution in [0.25, 0.3) is 0 Å². The van der Waals surface area contributed by atoms with Gasteiger partial charge in [0.1, 0.15) is 5.76 Å². The number of hydrogen-bond acceptors (Lipinski definition) is 3. The fourth-order valence-electron chi connectivity index (χ4n) is 2.52. The van der Waals surface area contributed by atoms with Gasteiger partial charge in [0.2, 0.25) is 0 Å². The van der Waals surface area contributed by atoms with Crippen molar-refractivity contribution in [2.75, 3.05) is 6.54 Å². The number of hydrogen-bond donors (Lipinski definition) is 1. The molecule has 1 N–H and O–H groups in total. The highest BCUT2D eigenvalue weighted by Crippen LogP contribution is 2.23. The highest BCUT2D eigenvalue weighted by molar-refractivity contribution is 4.99. The summed E-state index contributed by atoms with van der Waals surface area (Å²) in [5.41, 5.74) is 0. The van der Waals surface area contributed by atoms with E-state index in [1.807, 2.05) is 19.1 Å². The van der Waals surface area contributed by atoms with E-state index >= 15 is 0 Å². The molecular formula is C13H21NO2. The van der Waals surface area contributed by atoms with Gasteiger partial charge in [0.05, 0.1) is 18.9 Å². The van der Waals surface area contributed by atoms with E-state index in [1.54, 1.807) is 6.26 Å². The topological polar surface area (TPSA) is 36.6 Å². The van der Waals surface area contributed by atoms with Gasteiger partial charge in [0.15, 0.2) is 0 Å². The molecule has 1 saturated heterocycles. The zero-order valence-electron chi connectivity index (χ0n) is 9.93. The van der Waals surface area contributed by atoms with Crippen molar-refractivity contribution < 1.29 is 9.52 Å². The Balaban J connectivity index is 1.99. The monoisotopic (exact) mass is 223 g/mol. The van der Waals surface area contributed by atoms with Crippen LogP contribution < -0.4 is 0 Å². The molecular weight excluding hydrogens is 202 g/mol. The molecule has 3 heteroatoms. The summed E-state index contributed by atoms with van der Waals surface area (Å²) in [6.45, 7) is 3.95. The van der Waals surface area contributed by atoms with Crippen molar-refractivity contribution in [2.24, 2.45) is 0 Å². The second-order valence-electron chi connectivity index (χ2n) is 4.59. The molecule has 16 heavy (non-hydrogen) atoms. The van der Waals surface area contributed by atoms with Gasteiger partial charge in [-0.3, -0.25) is 4.90 Å². The molecule has 1 aliphatic heterocycles. The highest BCUT2D eigenvalue weighted by Gasteiger charge is 2.27. The zero-order chi connectivity index (χ0) is 11.4. The summed E-state index contributed by atoms with van der Waals surface area (Å²) in [6.07, 6.45) is 5.92. The van der Waals surface area contributed by atoms with Gasteiger partial charge in [-0.15, -0.1) is 0 Å². The van der Waals surface area contributed by atoms with Gasteiger partial charge in [0, 0.05) is 6.04 Å². The molecule has 1 fully saturated rings. The number of aliphatic hydroxyl groups excluding tert-OH is 1.